The van der Waals surface area contributed by atoms with Gasteiger partial charge < -0.3 is 0 Å². The molecule has 6 aromatic rings. The minimum atomic E-state index is -5.89. The number of aryl methyl sites for hydroxylation is 2. The minimum absolute atomic E-state index is 0.168. The van der Waals surface area contributed by atoms with Crippen molar-refractivity contribution in [2.45, 2.75) is 128 Å². The molecule has 2 aliphatic carbocycles. The monoisotopic (exact) mass is 1000 g/mol. The van der Waals surface area contributed by atoms with Gasteiger partial charge in [-0.2, -0.15) is 0 Å². The normalized spacial score (nSPS) is 17.7. The van der Waals surface area contributed by atoms with E-state index in [-0.39, 0.29) is 18.1 Å². The van der Waals surface area contributed by atoms with E-state index in [2.05, 4.69) is 210 Å². The summed E-state index contributed by atoms with van der Waals surface area (Å²) in [6.45, 7) is 28.5. The molecule has 0 N–H and O–H groups in total. The van der Waals surface area contributed by atoms with Gasteiger partial charge in [-0.3, -0.25) is 0 Å². The molecule has 0 nitrogen and oxygen atoms in total. The van der Waals surface area contributed by atoms with Crippen LogP contribution in [-0.4, -0.2) is 9.52 Å². The topological polar surface area (TPSA) is 0 Å². The van der Waals surface area contributed by atoms with E-state index >= 15 is 0 Å². The van der Waals surface area contributed by atoms with Gasteiger partial charge in [0.25, 0.3) is 0 Å². The molecule has 0 bridgehead atoms. The molecule has 2 atom stereocenters. The van der Waals surface area contributed by atoms with E-state index in [4.69, 9.17) is 0 Å². The van der Waals surface area contributed by atoms with Gasteiger partial charge in [-0.25, -0.2) is 0 Å². The first kappa shape index (κ1) is 47.5. The van der Waals surface area contributed by atoms with E-state index in [1.165, 1.54) is 103 Å². The van der Waals surface area contributed by atoms with Crippen LogP contribution in [0.1, 0.15) is 160 Å². The summed E-state index contributed by atoms with van der Waals surface area (Å²) < 4.78 is 0.959. The van der Waals surface area contributed by atoms with Crippen LogP contribution in [0.2, 0.25) is 0 Å². The van der Waals surface area contributed by atoms with Gasteiger partial charge in [-0.05, 0) is 0 Å². The van der Waals surface area contributed by atoms with Gasteiger partial charge in [-0.15, -0.1) is 0 Å². The first-order valence-corrected chi connectivity index (χ1v) is 36.8. The van der Waals surface area contributed by atoms with Crippen molar-refractivity contribution in [3.8, 4) is 33.4 Å². The van der Waals surface area contributed by atoms with Crippen LogP contribution >= 0.6 is 17.0 Å². The van der Waals surface area contributed by atoms with Crippen LogP contribution in [0.5, 0.6) is 0 Å². The number of fused-ring (bicyclic) bond motifs is 5. The standard InChI is InChI=1S/2C25H31.C12H9Si.2ClH.Zr/c2*1-7-10-18-13-14-19-15-20(25(4,5)6)16-23(19)24(18)22-12-9-8-11-21(22)17(2)3;1-3-7-11-9(5-1)10-6-2-4-8-12(10)13-11;;;/h2*8-9,11-17H,7,10H2,1-6H3;1-7H,13H2;2*1H;/q;;;;;+2/p-2. The van der Waals surface area contributed by atoms with Crippen LogP contribution in [0.3, 0.4) is 0 Å². The molecule has 0 saturated carbocycles. The Morgan fingerprint density at radius 1 is 0.515 bits per heavy atom. The number of halogens is 2. The first-order valence-electron chi connectivity index (χ1n) is 25.0. The molecule has 0 amide bonds. The molecule has 4 heteroatoms. The molecular formula is C62H71Cl2SiZr. The number of hydrogen-bond donors (Lipinski definition) is 0. The number of benzene rings is 6. The van der Waals surface area contributed by atoms with Crippen molar-refractivity contribution >= 4 is 52.3 Å². The van der Waals surface area contributed by atoms with Gasteiger partial charge in [0.2, 0.25) is 0 Å². The second kappa shape index (κ2) is 17.5. The average Bonchev–Trinajstić information content (AvgIpc) is 4.00. The molecule has 1 heterocycles. The Kier molecular flexibility index (Phi) is 12.6. The Balaban J connectivity index is 1.45. The van der Waals surface area contributed by atoms with Crippen molar-refractivity contribution < 1.29 is 16.4 Å². The van der Waals surface area contributed by atoms with Gasteiger partial charge in [0.05, 0.1) is 0 Å². The van der Waals surface area contributed by atoms with Gasteiger partial charge >= 0.3 is 412 Å². The fourth-order valence-electron chi connectivity index (χ4n) is 12.6. The van der Waals surface area contributed by atoms with Crippen LogP contribution < -0.4 is 13.6 Å². The molecule has 0 fully saturated rings. The second-order valence-corrected chi connectivity index (χ2v) is 45.0. The van der Waals surface area contributed by atoms with Crippen molar-refractivity contribution in [2.75, 3.05) is 0 Å². The Hall–Kier alpha value is -3.52. The summed E-state index contributed by atoms with van der Waals surface area (Å²) in [5, 5.41) is 2.97. The average molecular weight is 1010 g/mol. The fraction of sp³-hybridized carbons (Fsp3) is 0.355. The Morgan fingerprint density at radius 2 is 0.939 bits per heavy atom. The van der Waals surface area contributed by atoms with Crippen LogP contribution in [0.15, 0.2) is 126 Å². The van der Waals surface area contributed by atoms with Crippen LogP contribution in [-0.2, 0) is 29.2 Å². The SMILES string of the molecule is CCCc1ccc2c(c1-c1ccccc1C(C)C)C=C(C(C)(C)C)[CH]2[Zr]([Cl])([Cl])([c]1cccc2c1[SiH2]c1ccccc1-2)[CH]1C(C(C)(C)C)=Cc2c1ccc(CCC)c2-c1ccccc1C(C)C. The molecule has 1 aliphatic heterocycles. The predicted molar refractivity (Wildman–Crippen MR) is 291 cm³/mol. The van der Waals surface area contributed by atoms with Crippen LogP contribution in [0.4, 0.5) is 0 Å². The molecule has 341 valence electrons. The maximum atomic E-state index is 9.69. The summed E-state index contributed by atoms with van der Waals surface area (Å²) in [4.78, 5) is 0. The summed E-state index contributed by atoms with van der Waals surface area (Å²) in [5.74, 6) is 0.752. The maximum absolute atomic E-state index is 9.69. The first-order chi connectivity index (χ1) is 31.3. The molecule has 2 unspecified atom stereocenters. The summed E-state index contributed by atoms with van der Waals surface area (Å²) >= 11 is -5.89. The van der Waals surface area contributed by atoms with Crippen molar-refractivity contribution in [1.29, 1.82) is 0 Å². The van der Waals surface area contributed by atoms with Crippen molar-refractivity contribution in [2.24, 2.45) is 10.8 Å². The van der Waals surface area contributed by atoms with E-state index in [9.17, 15) is 17.0 Å². The third-order valence-corrected chi connectivity index (χ3v) is 38.0. The molecule has 0 aromatic heterocycles. The molecular weight excluding hydrogens is 935 g/mol. The number of rotatable bonds is 11. The zero-order chi connectivity index (χ0) is 47.1. The molecule has 0 saturated heterocycles. The molecule has 3 aliphatic rings. The van der Waals surface area contributed by atoms with Gasteiger partial charge in [0.1, 0.15) is 0 Å². The Morgan fingerprint density at radius 3 is 1.38 bits per heavy atom. The Labute approximate surface area is 408 Å². The Bertz CT molecular complexity index is 2800. The second-order valence-electron chi connectivity index (χ2n) is 22.6. The third-order valence-electron chi connectivity index (χ3n) is 15.5. The molecule has 66 heavy (non-hydrogen) atoms. The van der Waals surface area contributed by atoms with Crippen molar-refractivity contribution in [1.82, 2.24) is 0 Å². The van der Waals surface area contributed by atoms with E-state index in [1.54, 1.807) is 0 Å². The molecule has 0 radical (unpaired) electrons. The number of allylic oxidation sites excluding steroid dienone is 2. The molecule has 0 spiro atoms. The third kappa shape index (κ3) is 7.63. The summed E-state index contributed by atoms with van der Waals surface area (Å²) in [6.07, 6.45) is 9.38. The summed E-state index contributed by atoms with van der Waals surface area (Å²) in [5.41, 5.74) is 21.4. The number of hydrogen-bond acceptors (Lipinski definition) is 0. The van der Waals surface area contributed by atoms with Crippen LogP contribution in [0, 0.1) is 10.8 Å². The quantitative estimate of drug-likeness (QED) is 0.113. The predicted octanol–water partition coefficient (Wildman–Crippen LogP) is 16.3. The van der Waals surface area contributed by atoms with Gasteiger partial charge in [-0.1, -0.05) is 0 Å². The van der Waals surface area contributed by atoms with E-state index in [1.807, 2.05) is 0 Å². The van der Waals surface area contributed by atoms with E-state index in [0.29, 0.717) is 11.8 Å². The zero-order valence-electron chi connectivity index (χ0n) is 41.7. The van der Waals surface area contributed by atoms with Gasteiger partial charge in [0.15, 0.2) is 0 Å². The van der Waals surface area contributed by atoms with Crippen molar-refractivity contribution in [3.63, 3.8) is 0 Å². The summed E-state index contributed by atoms with van der Waals surface area (Å²) in [6, 6.07) is 44.5. The van der Waals surface area contributed by atoms with E-state index < -0.39 is 25.9 Å². The van der Waals surface area contributed by atoms with Gasteiger partial charge in [0, 0.05) is 0 Å². The van der Waals surface area contributed by atoms with E-state index in [0.717, 1.165) is 25.7 Å². The van der Waals surface area contributed by atoms with Crippen molar-refractivity contribution in [3.05, 3.63) is 171 Å². The summed E-state index contributed by atoms with van der Waals surface area (Å²) in [7, 11) is 18.5. The molecule has 6 aromatic carbocycles. The zero-order valence-corrected chi connectivity index (χ0v) is 47.1. The fourth-order valence-corrected chi connectivity index (χ4v) is 40.9. The molecule has 9 rings (SSSR count). The van der Waals surface area contributed by atoms with Crippen LogP contribution in [0.25, 0.3) is 45.5 Å².